The average Bonchev–Trinajstić information content (AvgIpc) is 2.91. The van der Waals surface area contributed by atoms with Gasteiger partial charge >= 0.3 is 5.97 Å². The monoisotopic (exact) mass is 290 g/mol. The lowest BCUT2D eigenvalue weighted by Gasteiger charge is -2.31. The van der Waals surface area contributed by atoms with Crippen LogP contribution in [0.25, 0.3) is 0 Å². The molecule has 1 aromatic rings. The maximum Gasteiger partial charge on any atom is 0.335 e. The van der Waals surface area contributed by atoms with Crippen molar-refractivity contribution in [3.8, 4) is 0 Å². The van der Waals surface area contributed by atoms with Gasteiger partial charge in [-0.25, -0.2) is 4.79 Å². The molecule has 0 radical (unpaired) electrons. The van der Waals surface area contributed by atoms with Gasteiger partial charge in [0, 0.05) is 12.2 Å². The van der Waals surface area contributed by atoms with E-state index < -0.39 is 11.4 Å². The number of aromatic carboxylic acids is 1. The summed E-state index contributed by atoms with van der Waals surface area (Å²) in [4.78, 5) is 23.6. The summed E-state index contributed by atoms with van der Waals surface area (Å²) in [5.74, 6) is -0.714. The van der Waals surface area contributed by atoms with E-state index in [1.807, 2.05) is 0 Å². The number of carboxylic acid groups (broad SMARTS) is 1. The Morgan fingerprint density at radius 2 is 2.10 bits per heavy atom. The molecule has 1 unspecified atom stereocenters. The lowest BCUT2D eigenvalue weighted by molar-refractivity contribution is -0.126. The molecule has 1 aromatic carbocycles. The van der Waals surface area contributed by atoms with E-state index in [-0.39, 0.29) is 17.4 Å². The molecule has 1 atom stereocenters. The molecule has 0 aliphatic carbocycles. The highest BCUT2D eigenvalue weighted by molar-refractivity contribution is 5.97. The normalized spacial score (nSPS) is 21.5. The second-order valence-electron chi connectivity index (χ2n) is 6.03. The number of benzene rings is 1. The van der Waals surface area contributed by atoms with Gasteiger partial charge in [-0.1, -0.05) is 13.8 Å². The predicted molar refractivity (Wildman–Crippen MR) is 81.5 cm³/mol. The molecule has 21 heavy (non-hydrogen) atoms. The van der Waals surface area contributed by atoms with E-state index in [9.17, 15) is 9.59 Å². The van der Waals surface area contributed by atoms with Crippen LogP contribution >= 0.6 is 0 Å². The molecule has 1 amide bonds. The van der Waals surface area contributed by atoms with Gasteiger partial charge in [-0.3, -0.25) is 4.79 Å². The fourth-order valence-electron chi connectivity index (χ4n) is 2.84. The molecule has 0 saturated carbocycles. The Labute approximate surface area is 124 Å². The molecular weight excluding hydrogens is 268 g/mol. The van der Waals surface area contributed by atoms with Crippen molar-refractivity contribution in [2.24, 2.45) is 11.3 Å². The van der Waals surface area contributed by atoms with Gasteiger partial charge in [-0.2, -0.15) is 0 Å². The number of amides is 1. The molecule has 1 heterocycles. The van der Waals surface area contributed by atoms with Crippen molar-refractivity contribution in [2.75, 3.05) is 18.4 Å². The molecule has 1 fully saturated rings. The van der Waals surface area contributed by atoms with Crippen molar-refractivity contribution < 1.29 is 14.7 Å². The van der Waals surface area contributed by atoms with Crippen molar-refractivity contribution in [1.82, 2.24) is 5.32 Å². The van der Waals surface area contributed by atoms with Gasteiger partial charge in [0.25, 0.3) is 0 Å². The number of rotatable bonds is 4. The zero-order valence-corrected chi connectivity index (χ0v) is 12.7. The summed E-state index contributed by atoms with van der Waals surface area (Å²) < 4.78 is 0. The number of carbonyl (C=O) groups is 2. The predicted octanol–water partition coefficient (Wildman–Crippen LogP) is 2.27. The highest BCUT2D eigenvalue weighted by Crippen LogP contribution is 2.35. The summed E-state index contributed by atoms with van der Waals surface area (Å²) >= 11 is 0. The SMILES string of the molecule is Cc1cc(C(=O)O)ccc1NC(=O)C1(C(C)C)CCNC1. The zero-order valence-electron chi connectivity index (χ0n) is 12.7. The third kappa shape index (κ3) is 2.93. The highest BCUT2D eigenvalue weighted by Gasteiger charge is 2.43. The van der Waals surface area contributed by atoms with Gasteiger partial charge in [0.1, 0.15) is 0 Å². The number of hydrogen-bond donors (Lipinski definition) is 3. The maximum absolute atomic E-state index is 12.7. The van der Waals surface area contributed by atoms with Crippen molar-refractivity contribution >= 4 is 17.6 Å². The van der Waals surface area contributed by atoms with Crippen LogP contribution in [0.4, 0.5) is 5.69 Å². The minimum Gasteiger partial charge on any atom is -0.478 e. The Balaban J connectivity index is 2.21. The average molecular weight is 290 g/mol. The number of carboxylic acids is 1. The van der Waals surface area contributed by atoms with Gasteiger partial charge in [0.2, 0.25) is 5.91 Å². The molecule has 114 valence electrons. The Hall–Kier alpha value is -1.88. The first-order valence-corrected chi connectivity index (χ1v) is 7.23. The van der Waals surface area contributed by atoms with Crippen LogP contribution in [-0.4, -0.2) is 30.1 Å². The smallest absolute Gasteiger partial charge is 0.335 e. The van der Waals surface area contributed by atoms with Gasteiger partial charge < -0.3 is 15.7 Å². The lowest BCUT2D eigenvalue weighted by atomic mass is 9.75. The summed E-state index contributed by atoms with van der Waals surface area (Å²) in [6, 6.07) is 4.75. The van der Waals surface area contributed by atoms with Crippen molar-refractivity contribution in [3.05, 3.63) is 29.3 Å². The second kappa shape index (κ2) is 5.85. The largest absolute Gasteiger partial charge is 0.478 e. The van der Waals surface area contributed by atoms with Crippen LogP contribution in [0.2, 0.25) is 0 Å². The van der Waals surface area contributed by atoms with Crippen molar-refractivity contribution in [3.63, 3.8) is 0 Å². The van der Waals surface area contributed by atoms with Crippen LogP contribution in [0.5, 0.6) is 0 Å². The molecule has 0 aromatic heterocycles. The third-order valence-electron chi connectivity index (χ3n) is 4.47. The Morgan fingerprint density at radius 1 is 1.38 bits per heavy atom. The molecule has 3 N–H and O–H groups in total. The molecule has 0 spiro atoms. The van der Waals surface area contributed by atoms with E-state index in [1.165, 1.54) is 6.07 Å². The molecule has 1 aliphatic rings. The first-order valence-electron chi connectivity index (χ1n) is 7.23. The topological polar surface area (TPSA) is 78.4 Å². The van der Waals surface area contributed by atoms with Crippen LogP contribution in [0.3, 0.4) is 0 Å². The molecule has 1 saturated heterocycles. The third-order valence-corrected chi connectivity index (χ3v) is 4.47. The van der Waals surface area contributed by atoms with Crippen LogP contribution in [0.1, 0.15) is 36.2 Å². The minimum absolute atomic E-state index is 0.00803. The van der Waals surface area contributed by atoms with E-state index >= 15 is 0 Å². The maximum atomic E-state index is 12.7. The fourth-order valence-corrected chi connectivity index (χ4v) is 2.84. The first-order chi connectivity index (χ1) is 9.86. The van der Waals surface area contributed by atoms with Crippen LogP contribution in [-0.2, 0) is 4.79 Å². The molecule has 1 aliphatic heterocycles. The Bertz CT molecular complexity index is 561. The summed E-state index contributed by atoms with van der Waals surface area (Å²) in [5, 5.41) is 15.2. The number of carbonyl (C=O) groups excluding carboxylic acids is 1. The van der Waals surface area contributed by atoms with Crippen molar-refractivity contribution in [1.29, 1.82) is 0 Å². The van der Waals surface area contributed by atoms with Crippen LogP contribution < -0.4 is 10.6 Å². The number of aryl methyl sites for hydroxylation is 1. The van der Waals surface area contributed by atoms with Gasteiger partial charge in [0.15, 0.2) is 0 Å². The van der Waals surface area contributed by atoms with Gasteiger partial charge in [-0.05, 0) is 49.6 Å². The summed E-state index contributed by atoms with van der Waals surface area (Å²) in [6.07, 6.45) is 0.822. The summed E-state index contributed by atoms with van der Waals surface area (Å²) in [6.45, 7) is 7.46. The van der Waals surface area contributed by atoms with E-state index in [0.717, 1.165) is 18.5 Å². The summed E-state index contributed by atoms with van der Waals surface area (Å²) in [7, 11) is 0. The minimum atomic E-state index is -0.963. The highest BCUT2D eigenvalue weighted by atomic mass is 16.4. The molecule has 5 nitrogen and oxygen atoms in total. The van der Waals surface area contributed by atoms with E-state index in [0.29, 0.717) is 12.2 Å². The van der Waals surface area contributed by atoms with E-state index in [2.05, 4.69) is 24.5 Å². The van der Waals surface area contributed by atoms with Gasteiger partial charge in [-0.15, -0.1) is 0 Å². The molecule has 2 rings (SSSR count). The molecule has 5 heteroatoms. The van der Waals surface area contributed by atoms with E-state index in [1.54, 1.807) is 19.1 Å². The fraction of sp³-hybridized carbons (Fsp3) is 0.500. The Morgan fingerprint density at radius 3 is 2.57 bits per heavy atom. The number of hydrogen-bond acceptors (Lipinski definition) is 3. The van der Waals surface area contributed by atoms with Crippen LogP contribution in [0.15, 0.2) is 18.2 Å². The molecule has 0 bridgehead atoms. The Kier molecular flexibility index (Phi) is 4.32. The lowest BCUT2D eigenvalue weighted by Crippen LogP contribution is -2.42. The number of anilines is 1. The summed E-state index contributed by atoms with van der Waals surface area (Å²) in [5.41, 5.74) is 1.27. The number of nitrogens with one attached hydrogen (secondary N) is 2. The van der Waals surface area contributed by atoms with E-state index in [4.69, 9.17) is 5.11 Å². The standard InChI is InChI=1S/C16H22N2O3/c1-10(2)16(6-7-17-9-16)15(21)18-13-5-4-12(14(19)20)8-11(13)3/h4-5,8,10,17H,6-7,9H2,1-3H3,(H,18,21)(H,19,20). The van der Waals surface area contributed by atoms with Gasteiger partial charge in [0.05, 0.1) is 11.0 Å². The first kappa shape index (κ1) is 15.5. The van der Waals surface area contributed by atoms with Crippen LogP contribution in [0, 0.1) is 18.3 Å². The zero-order chi connectivity index (χ0) is 15.6. The molecular formula is C16H22N2O3. The van der Waals surface area contributed by atoms with Crippen molar-refractivity contribution in [2.45, 2.75) is 27.2 Å². The quantitative estimate of drug-likeness (QED) is 0.795. The second-order valence-corrected chi connectivity index (χ2v) is 6.03.